The van der Waals surface area contributed by atoms with E-state index in [-0.39, 0.29) is 11.5 Å². The molecule has 2 fully saturated rings. The van der Waals surface area contributed by atoms with E-state index in [2.05, 4.69) is 25.0 Å². The second-order valence-electron chi connectivity index (χ2n) is 8.69. The first kappa shape index (κ1) is 23.4. The molecule has 10 heteroatoms. The molecule has 182 valence electrons. The van der Waals surface area contributed by atoms with Crippen LogP contribution in [-0.4, -0.2) is 56.1 Å². The van der Waals surface area contributed by atoms with Gasteiger partial charge < -0.3 is 9.47 Å². The number of aromatic nitrogens is 6. The Hall–Kier alpha value is -3.37. The van der Waals surface area contributed by atoms with Crippen LogP contribution in [0.3, 0.4) is 0 Å². The Balaban J connectivity index is 0.000000234. The van der Waals surface area contributed by atoms with Crippen molar-refractivity contribution in [2.75, 3.05) is 26.4 Å². The lowest BCUT2D eigenvalue weighted by molar-refractivity contribution is -0.0286. The van der Waals surface area contributed by atoms with Crippen molar-refractivity contribution >= 4 is 11.2 Å². The predicted molar refractivity (Wildman–Crippen MR) is 125 cm³/mol. The second kappa shape index (κ2) is 10.1. The normalized spacial score (nSPS) is 16.6. The van der Waals surface area contributed by atoms with Crippen molar-refractivity contribution in [1.29, 1.82) is 0 Å². The van der Waals surface area contributed by atoms with Crippen molar-refractivity contribution in [2.24, 2.45) is 0 Å². The first-order chi connectivity index (χ1) is 17.0. The van der Waals surface area contributed by atoms with Gasteiger partial charge in [-0.25, -0.2) is 28.7 Å². The smallest absolute Gasteiger partial charge is 0.182 e. The van der Waals surface area contributed by atoms with E-state index in [1.54, 1.807) is 6.20 Å². The van der Waals surface area contributed by atoms with Gasteiger partial charge in [0.1, 0.15) is 28.7 Å². The van der Waals surface area contributed by atoms with E-state index in [9.17, 15) is 8.78 Å². The molecule has 4 aromatic rings. The van der Waals surface area contributed by atoms with Crippen molar-refractivity contribution in [3.63, 3.8) is 0 Å². The predicted octanol–water partition coefficient (Wildman–Crippen LogP) is 4.33. The monoisotopic (exact) mass is 480 g/mol. The van der Waals surface area contributed by atoms with E-state index in [1.165, 1.54) is 12.1 Å². The van der Waals surface area contributed by atoms with Crippen LogP contribution in [0.5, 0.6) is 0 Å². The Kier molecular flexibility index (Phi) is 6.74. The SMILES string of the molecule is Cc1nc2nc(C3CCOCC3)nc(-c3ccc(F)cc3F)c2nc1C.c1cnn(C2COC2)c1. The Bertz CT molecular complexity index is 1320. The number of aryl methyl sites for hydroxylation is 2. The molecule has 0 atom stereocenters. The minimum atomic E-state index is -0.678. The maximum absolute atomic E-state index is 14.4. The quantitative estimate of drug-likeness (QED) is 0.431. The molecule has 2 aliphatic rings. The summed E-state index contributed by atoms with van der Waals surface area (Å²) in [7, 11) is 0. The summed E-state index contributed by atoms with van der Waals surface area (Å²) >= 11 is 0. The van der Waals surface area contributed by atoms with E-state index >= 15 is 0 Å². The molecule has 0 unspecified atom stereocenters. The highest BCUT2D eigenvalue weighted by Crippen LogP contribution is 2.31. The molecule has 0 bridgehead atoms. The lowest BCUT2D eigenvalue weighted by Crippen LogP contribution is -2.30. The van der Waals surface area contributed by atoms with Gasteiger partial charge in [0.05, 0.1) is 30.6 Å². The minimum Gasteiger partial charge on any atom is -0.381 e. The van der Waals surface area contributed by atoms with Gasteiger partial charge in [-0.1, -0.05) is 0 Å². The molecule has 35 heavy (non-hydrogen) atoms. The summed E-state index contributed by atoms with van der Waals surface area (Å²) in [6, 6.07) is 5.89. The molecular weight excluding hydrogens is 454 g/mol. The van der Waals surface area contributed by atoms with Gasteiger partial charge in [0.25, 0.3) is 0 Å². The Morgan fingerprint density at radius 2 is 1.71 bits per heavy atom. The highest BCUT2D eigenvalue weighted by Gasteiger charge is 2.23. The van der Waals surface area contributed by atoms with Gasteiger partial charge in [-0.2, -0.15) is 5.10 Å². The molecule has 0 radical (unpaired) electrons. The molecule has 8 nitrogen and oxygen atoms in total. The van der Waals surface area contributed by atoms with Crippen molar-refractivity contribution in [2.45, 2.75) is 38.6 Å². The zero-order chi connectivity index (χ0) is 24.4. The summed E-state index contributed by atoms with van der Waals surface area (Å²) in [6.45, 7) is 6.62. The van der Waals surface area contributed by atoms with Gasteiger partial charge in [0.15, 0.2) is 5.65 Å². The third-order valence-electron chi connectivity index (χ3n) is 6.25. The van der Waals surface area contributed by atoms with Crippen LogP contribution in [0.25, 0.3) is 22.4 Å². The number of nitrogens with zero attached hydrogens (tertiary/aromatic N) is 6. The summed E-state index contributed by atoms with van der Waals surface area (Å²) in [6.07, 6.45) is 5.36. The third-order valence-corrected chi connectivity index (χ3v) is 6.25. The first-order valence-electron chi connectivity index (χ1n) is 11.6. The molecule has 6 rings (SSSR count). The largest absolute Gasteiger partial charge is 0.381 e. The van der Waals surface area contributed by atoms with Crippen LogP contribution in [0.1, 0.15) is 42.0 Å². The van der Waals surface area contributed by atoms with Crippen molar-refractivity contribution in [3.05, 3.63) is 65.5 Å². The Morgan fingerprint density at radius 3 is 2.37 bits per heavy atom. The average Bonchev–Trinajstić information content (AvgIpc) is 3.33. The first-order valence-corrected chi connectivity index (χ1v) is 11.6. The topological polar surface area (TPSA) is 87.8 Å². The standard InChI is InChI=1S/C19H18F2N4O.C6H8N2O/c1-10-11(2)23-19-17(22-10)16(14-4-3-13(20)9-15(14)21)24-18(25-19)12-5-7-26-8-6-12;1-2-7-8(3-1)6-4-9-5-6/h3-4,9,12H,5-8H2,1-2H3;1-3,6H,4-5H2. The van der Waals surface area contributed by atoms with Crippen LogP contribution in [0.4, 0.5) is 8.78 Å². The average molecular weight is 481 g/mol. The molecule has 3 aromatic heterocycles. The third kappa shape index (κ3) is 5.03. The van der Waals surface area contributed by atoms with Crippen LogP contribution < -0.4 is 0 Å². The van der Waals surface area contributed by atoms with Gasteiger partial charge in [-0.05, 0) is 44.9 Å². The lowest BCUT2D eigenvalue weighted by Gasteiger charge is -2.25. The summed E-state index contributed by atoms with van der Waals surface area (Å²) in [5, 5.41) is 4.07. The number of hydrogen-bond acceptors (Lipinski definition) is 7. The van der Waals surface area contributed by atoms with Gasteiger partial charge >= 0.3 is 0 Å². The highest BCUT2D eigenvalue weighted by molar-refractivity contribution is 5.87. The van der Waals surface area contributed by atoms with E-state index in [0.29, 0.717) is 41.9 Å². The minimum absolute atomic E-state index is 0.124. The molecule has 0 N–H and O–H groups in total. The number of fused-ring (bicyclic) bond motifs is 1. The number of benzene rings is 1. The fraction of sp³-hybridized carbons (Fsp3) is 0.400. The van der Waals surface area contributed by atoms with Gasteiger partial charge in [-0.15, -0.1) is 0 Å². The van der Waals surface area contributed by atoms with E-state index in [4.69, 9.17) is 9.47 Å². The molecular formula is C25H26F2N6O2. The lowest BCUT2D eigenvalue weighted by atomic mass is 9.99. The van der Waals surface area contributed by atoms with Crippen LogP contribution in [0.2, 0.25) is 0 Å². The van der Waals surface area contributed by atoms with Crippen LogP contribution >= 0.6 is 0 Å². The van der Waals surface area contributed by atoms with Gasteiger partial charge in [0, 0.05) is 43.2 Å². The molecule has 0 saturated carbocycles. The van der Waals surface area contributed by atoms with Crippen molar-refractivity contribution in [3.8, 4) is 11.3 Å². The Morgan fingerprint density at radius 1 is 0.943 bits per heavy atom. The summed E-state index contributed by atoms with van der Waals surface area (Å²) < 4.78 is 40.1. The van der Waals surface area contributed by atoms with E-state index in [1.807, 2.05) is 30.8 Å². The zero-order valence-electron chi connectivity index (χ0n) is 19.6. The van der Waals surface area contributed by atoms with Crippen LogP contribution in [0, 0.1) is 25.5 Å². The van der Waals surface area contributed by atoms with Gasteiger partial charge in [-0.3, -0.25) is 4.68 Å². The highest BCUT2D eigenvalue weighted by atomic mass is 19.1. The summed E-state index contributed by atoms with van der Waals surface area (Å²) in [5.41, 5.74) is 2.90. The summed E-state index contributed by atoms with van der Waals surface area (Å²) in [4.78, 5) is 18.3. The molecule has 2 aliphatic heterocycles. The maximum Gasteiger partial charge on any atom is 0.182 e. The zero-order valence-corrected chi connectivity index (χ0v) is 19.6. The van der Waals surface area contributed by atoms with E-state index in [0.717, 1.165) is 43.5 Å². The molecule has 0 spiro atoms. The molecule has 1 aromatic carbocycles. The molecule has 2 saturated heterocycles. The second-order valence-corrected chi connectivity index (χ2v) is 8.69. The number of ether oxygens (including phenoxy) is 2. The van der Waals surface area contributed by atoms with Crippen molar-refractivity contribution in [1.82, 2.24) is 29.7 Å². The van der Waals surface area contributed by atoms with Gasteiger partial charge in [0.2, 0.25) is 0 Å². The van der Waals surface area contributed by atoms with E-state index < -0.39 is 11.6 Å². The fourth-order valence-electron chi connectivity index (χ4n) is 4.01. The molecule has 5 heterocycles. The molecule has 0 aliphatic carbocycles. The molecule has 0 amide bonds. The van der Waals surface area contributed by atoms with Crippen molar-refractivity contribution < 1.29 is 18.3 Å². The number of rotatable bonds is 3. The fourth-order valence-corrected chi connectivity index (χ4v) is 4.01. The number of hydrogen-bond donors (Lipinski definition) is 0. The number of halogens is 2. The van der Waals surface area contributed by atoms with Crippen LogP contribution in [-0.2, 0) is 9.47 Å². The maximum atomic E-state index is 14.4. The summed E-state index contributed by atoms with van der Waals surface area (Å²) in [5.74, 6) is -0.578. The Labute approximate surface area is 201 Å². The van der Waals surface area contributed by atoms with Crippen LogP contribution in [0.15, 0.2) is 36.7 Å².